The summed E-state index contributed by atoms with van der Waals surface area (Å²) in [5.41, 5.74) is 32.9. The van der Waals surface area contributed by atoms with Crippen LogP contribution in [0.3, 0.4) is 0 Å². The first kappa shape index (κ1) is 23.0. The van der Waals surface area contributed by atoms with Crippen molar-refractivity contribution in [2.45, 2.75) is 6.42 Å². The highest BCUT2D eigenvalue weighted by atomic mass is 35.5. The lowest BCUT2D eigenvalue weighted by Crippen LogP contribution is -2.18. The molecule has 0 radical (unpaired) electrons. The molecule has 0 bridgehead atoms. The fourth-order valence-electron chi connectivity index (χ4n) is 4.28. The van der Waals surface area contributed by atoms with Gasteiger partial charge in [0.1, 0.15) is 0 Å². The van der Waals surface area contributed by atoms with Crippen LogP contribution in [-0.4, -0.2) is 12.0 Å². The maximum atomic E-state index is 5.84. The van der Waals surface area contributed by atoms with E-state index in [2.05, 4.69) is 35.1 Å². The molecule has 0 aliphatic carbocycles. The topological polar surface area (TPSA) is 120 Å². The summed E-state index contributed by atoms with van der Waals surface area (Å²) in [5, 5.41) is 2.18. The third kappa shape index (κ3) is 4.36. The number of nitrogens with two attached hydrogens (primary N) is 4. The van der Waals surface area contributed by atoms with Crippen LogP contribution in [0.25, 0.3) is 21.8 Å². The van der Waals surface area contributed by atoms with Gasteiger partial charge in [0.15, 0.2) is 0 Å². The monoisotopic (exact) mass is 470 g/mol. The van der Waals surface area contributed by atoms with E-state index in [0.29, 0.717) is 0 Å². The summed E-state index contributed by atoms with van der Waals surface area (Å²) in [4.78, 5) is 6.69. The molecule has 2 heterocycles. The van der Waals surface area contributed by atoms with Crippen LogP contribution in [-0.2, 0) is 6.42 Å². The molecule has 7 heteroatoms. The molecule has 0 spiro atoms. The quantitative estimate of drug-likeness (QED) is 0.175. The van der Waals surface area contributed by atoms with Crippen molar-refractivity contribution in [2.24, 2.45) is 0 Å². The molecule has 0 atom stereocenters. The third-order valence-electron chi connectivity index (χ3n) is 5.98. The van der Waals surface area contributed by atoms with Gasteiger partial charge in [-0.1, -0.05) is 24.3 Å². The van der Waals surface area contributed by atoms with E-state index in [4.69, 9.17) is 22.9 Å². The van der Waals surface area contributed by atoms with Crippen LogP contribution in [0, 0.1) is 0 Å². The van der Waals surface area contributed by atoms with Crippen molar-refractivity contribution in [3.63, 3.8) is 0 Å². The zero-order chi connectivity index (χ0) is 23.1. The Bertz CT molecular complexity index is 1410. The van der Waals surface area contributed by atoms with Gasteiger partial charge < -0.3 is 27.8 Å². The van der Waals surface area contributed by atoms with Gasteiger partial charge in [0.05, 0.1) is 11.0 Å². The second-order valence-corrected chi connectivity index (χ2v) is 8.40. The average Bonchev–Trinajstić information content (AvgIpc) is 2.79. The minimum absolute atomic E-state index is 0. The lowest BCUT2D eigenvalue weighted by molar-refractivity contribution is 1.06. The number of hydrogen-bond acceptors (Lipinski definition) is 6. The summed E-state index contributed by atoms with van der Waals surface area (Å²) in [6, 6.07) is 25.7. The Kier molecular flexibility index (Phi) is 6.09. The van der Waals surface area contributed by atoms with Gasteiger partial charge in [0, 0.05) is 58.4 Å². The Hall–Kier alpha value is -4.16. The molecule has 34 heavy (non-hydrogen) atoms. The molecular formula is C27H27ClN6. The highest BCUT2D eigenvalue weighted by Crippen LogP contribution is 2.39. The number of fused-ring (bicyclic) bond motifs is 4. The predicted octanol–water partition coefficient (Wildman–Crippen LogP) is 5.50. The van der Waals surface area contributed by atoms with Crippen LogP contribution in [0.5, 0.6) is 0 Å². The van der Waals surface area contributed by atoms with Crippen molar-refractivity contribution >= 4 is 68.3 Å². The number of pyridine rings is 1. The van der Waals surface area contributed by atoms with Crippen molar-refractivity contribution in [2.75, 3.05) is 34.9 Å². The average molecular weight is 471 g/mol. The van der Waals surface area contributed by atoms with Gasteiger partial charge in [-0.05, 0) is 65.7 Å². The van der Waals surface area contributed by atoms with Gasteiger partial charge in [-0.2, -0.15) is 0 Å². The van der Waals surface area contributed by atoms with Crippen molar-refractivity contribution in [3.05, 3.63) is 90.0 Å². The SMILES string of the molecule is CN1c2cc(N)ccc2Cc2ccc(N)cc21.Cl.Nc1ccc2cc3ccc(N)cc3nc2c1. The molecule has 172 valence electrons. The number of aromatic nitrogens is 1. The minimum Gasteiger partial charge on any atom is -0.399 e. The summed E-state index contributed by atoms with van der Waals surface area (Å²) in [5.74, 6) is 0. The van der Waals surface area contributed by atoms with Crippen molar-refractivity contribution < 1.29 is 0 Å². The van der Waals surface area contributed by atoms with E-state index in [1.54, 1.807) is 0 Å². The van der Waals surface area contributed by atoms with E-state index in [1.165, 1.54) is 22.5 Å². The normalized spacial score (nSPS) is 11.7. The molecule has 1 aliphatic rings. The maximum absolute atomic E-state index is 5.84. The highest BCUT2D eigenvalue weighted by Gasteiger charge is 2.19. The number of hydrogen-bond donors (Lipinski definition) is 4. The van der Waals surface area contributed by atoms with Gasteiger partial charge in [0.2, 0.25) is 0 Å². The van der Waals surface area contributed by atoms with E-state index in [0.717, 1.165) is 51.0 Å². The maximum Gasteiger partial charge on any atom is 0.0730 e. The van der Waals surface area contributed by atoms with E-state index >= 15 is 0 Å². The Labute approximate surface area is 204 Å². The smallest absolute Gasteiger partial charge is 0.0730 e. The summed E-state index contributed by atoms with van der Waals surface area (Å²) >= 11 is 0. The standard InChI is InChI=1S/C14H15N3.C13H11N3.ClH/c1-17-13-7-11(15)4-2-9(13)6-10-3-5-12(16)8-14(10)17;14-10-3-1-8-5-9-2-4-11(15)7-13(9)16-12(8)6-10;/h2-5,7-8H,6,15-16H2,1H3;1-7H,14-15H2;1H. The number of anilines is 6. The molecule has 5 aromatic rings. The van der Waals surface area contributed by atoms with Crippen LogP contribution in [0.15, 0.2) is 78.9 Å². The van der Waals surface area contributed by atoms with Gasteiger partial charge >= 0.3 is 0 Å². The summed E-state index contributed by atoms with van der Waals surface area (Å²) in [6.07, 6.45) is 0.940. The number of nitrogens with zero attached hydrogens (tertiary/aromatic N) is 2. The summed E-state index contributed by atoms with van der Waals surface area (Å²) in [7, 11) is 2.05. The minimum atomic E-state index is 0. The molecule has 4 aromatic carbocycles. The first-order valence-corrected chi connectivity index (χ1v) is 10.7. The third-order valence-corrected chi connectivity index (χ3v) is 5.98. The van der Waals surface area contributed by atoms with Gasteiger partial charge in [-0.15, -0.1) is 12.4 Å². The lowest BCUT2D eigenvalue weighted by Gasteiger charge is -2.30. The summed E-state index contributed by atoms with van der Waals surface area (Å²) in [6.45, 7) is 0. The van der Waals surface area contributed by atoms with Crippen molar-refractivity contribution in [3.8, 4) is 0 Å². The molecule has 6 nitrogen and oxygen atoms in total. The first-order chi connectivity index (χ1) is 15.9. The van der Waals surface area contributed by atoms with Crippen LogP contribution < -0.4 is 27.8 Å². The number of benzene rings is 4. The van der Waals surface area contributed by atoms with Crippen LogP contribution in [0.1, 0.15) is 11.1 Å². The zero-order valence-electron chi connectivity index (χ0n) is 18.8. The Morgan fingerprint density at radius 2 is 1.00 bits per heavy atom. The number of rotatable bonds is 0. The van der Waals surface area contributed by atoms with Crippen molar-refractivity contribution in [1.82, 2.24) is 4.98 Å². The molecule has 0 fully saturated rings. The molecule has 0 unspecified atom stereocenters. The predicted molar refractivity (Wildman–Crippen MR) is 148 cm³/mol. The first-order valence-electron chi connectivity index (χ1n) is 10.7. The van der Waals surface area contributed by atoms with E-state index in [-0.39, 0.29) is 12.4 Å². The molecular weight excluding hydrogens is 444 g/mol. The second-order valence-electron chi connectivity index (χ2n) is 8.40. The van der Waals surface area contributed by atoms with Crippen LogP contribution in [0.4, 0.5) is 34.1 Å². The van der Waals surface area contributed by atoms with Crippen LogP contribution >= 0.6 is 12.4 Å². The zero-order valence-corrected chi connectivity index (χ0v) is 19.6. The molecule has 6 rings (SSSR count). The van der Waals surface area contributed by atoms with Gasteiger partial charge in [0.25, 0.3) is 0 Å². The Morgan fingerprint density at radius 3 is 1.47 bits per heavy atom. The second kappa shape index (κ2) is 9.00. The fraction of sp³-hybridized carbons (Fsp3) is 0.0741. The Morgan fingerprint density at radius 1 is 0.588 bits per heavy atom. The molecule has 8 N–H and O–H groups in total. The van der Waals surface area contributed by atoms with Gasteiger partial charge in [-0.3, -0.25) is 0 Å². The number of nitrogen functional groups attached to an aromatic ring is 4. The van der Waals surface area contributed by atoms with Crippen molar-refractivity contribution in [1.29, 1.82) is 0 Å². The molecule has 0 saturated heterocycles. The van der Waals surface area contributed by atoms with Crippen LogP contribution in [0.2, 0.25) is 0 Å². The van der Waals surface area contributed by atoms with E-state index < -0.39 is 0 Å². The molecule has 0 saturated carbocycles. The largest absolute Gasteiger partial charge is 0.399 e. The number of halogens is 1. The van der Waals surface area contributed by atoms with E-state index in [9.17, 15) is 0 Å². The molecule has 1 aromatic heterocycles. The highest BCUT2D eigenvalue weighted by molar-refractivity contribution is 5.94. The Balaban J connectivity index is 0.000000157. The van der Waals surface area contributed by atoms with E-state index in [1.807, 2.05) is 60.7 Å². The fourth-order valence-corrected chi connectivity index (χ4v) is 4.28. The molecule has 1 aliphatic heterocycles. The molecule has 0 amide bonds. The lowest BCUT2D eigenvalue weighted by atomic mass is 9.95. The summed E-state index contributed by atoms with van der Waals surface area (Å²) < 4.78 is 0. The van der Waals surface area contributed by atoms with Gasteiger partial charge in [-0.25, -0.2) is 4.98 Å².